The molecule has 8 aromatic rings. The molecule has 0 unspecified atom stereocenters. The van der Waals surface area contributed by atoms with E-state index in [0.717, 1.165) is 12.1 Å². The van der Waals surface area contributed by atoms with Crippen LogP contribution in [0.3, 0.4) is 0 Å². The lowest BCUT2D eigenvalue weighted by Gasteiger charge is -2.12. The molecule has 0 spiro atoms. The summed E-state index contributed by atoms with van der Waals surface area (Å²) >= 11 is 1.83. The molecule has 0 N–H and O–H groups in total. The number of para-hydroxylation sites is 1. The van der Waals surface area contributed by atoms with Crippen LogP contribution >= 0.6 is 11.3 Å². The molecule has 0 bridgehead atoms. The highest BCUT2D eigenvalue weighted by Gasteiger charge is 2.16. The summed E-state index contributed by atoms with van der Waals surface area (Å²) in [7, 11) is 0. The number of aryl methyl sites for hydroxylation is 2. The Balaban J connectivity index is 0.00000177. The molecule has 0 saturated heterocycles. The van der Waals surface area contributed by atoms with Crippen LogP contribution < -0.4 is 0 Å². The number of fused-ring (bicyclic) bond motifs is 8. The largest absolute Gasteiger partial charge is 0.317 e. The van der Waals surface area contributed by atoms with Crippen LogP contribution in [-0.4, -0.2) is 9.13 Å². The number of aromatic nitrogens is 2. The van der Waals surface area contributed by atoms with Gasteiger partial charge in [0, 0.05) is 43.8 Å². The van der Waals surface area contributed by atoms with E-state index in [2.05, 4.69) is 180 Å². The summed E-state index contributed by atoms with van der Waals surface area (Å²) in [5, 5.41) is 10.0. The van der Waals surface area contributed by atoms with Gasteiger partial charge in [-0.05, 0) is 107 Å². The molecule has 244 valence electrons. The quantitative estimate of drug-likeness (QED) is 0.178. The summed E-state index contributed by atoms with van der Waals surface area (Å²) in [4.78, 5) is 0. The van der Waals surface area contributed by atoms with Crippen LogP contribution in [0.4, 0.5) is 0 Å². The van der Waals surface area contributed by atoms with E-state index in [9.17, 15) is 0 Å². The van der Waals surface area contributed by atoms with E-state index in [4.69, 9.17) is 0 Å². The third-order valence-electron chi connectivity index (χ3n) is 9.73. The van der Waals surface area contributed by atoms with Gasteiger partial charge in [0.05, 0.1) is 16.6 Å². The first-order valence-corrected chi connectivity index (χ1v) is 18.5. The third-order valence-corrected chi connectivity index (χ3v) is 10.7. The SMILES string of the molecule is CC.Cc1cccc2c1c(C)cc(-c1cccc(-n3c4ccccc4c4c5ccc6ccsc6c5ccc43)c1)cccn2C1=CCC=CC=C1. The van der Waals surface area contributed by atoms with Crippen molar-refractivity contribution in [1.29, 1.82) is 0 Å². The van der Waals surface area contributed by atoms with Crippen molar-refractivity contribution in [1.82, 2.24) is 9.13 Å². The van der Waals surface area contributed by atoms with Crippen molar-refractivity contribution in [3.05, 3.63) is 168 Å². The molecule has 0 radical (unpaired) electrons. The topological polar surface area (TPSA) is 9.86 Å². The maximum absolute atomic E-state index is 2.44. The number of allylic oxidation sites excluding steroid dienone is 6. The van der Waals surface area contributed by atoms with Gasteiger partial charge < -0.3 is 9.13 Å². The smallest absolute Gasteiger partial charge is 0.0547 e. The van der Waals surface area contributed by atoms with Crippen LogP contribution in [0.1, 0.15) is 31.4 Å². The third kappa shape index (κ3) is 5.35. The second kappa shape index (κ2) is 13.3. The molecule has 3 heteroatoms. The second-order valence-corrected chi connectivity index (χ2v) is 13.6. The van der Waals surface area contributed by atoms with Crippen molar-refractivity contribution in [3.63, 3.8) is 0 Å². The zero-order valence-corrected chi connectivity index (χ0v) is 29.8. The molecule has 0 amide bonds. The molecule has 0 aliphatic heterocycles. The van der Waals surface area contributed by atoms with Gasteiger partial charge in [-0.25, -0.2) is 0 Å². The molecule has 5 aromatic carbocycles. The van der Waals surface area contributed by atoms with Crippen LogP contribution in [0.2, 0.25) is 0 Å². The standard InChI is InChI=1S/C45H34N2S.C2H6/c1-30-12-9-20-41-43(30)31(2)28-33(14-11-26-46(41)35-15-5-3-4-6-16-35)34-13-10-17-36(29-34)47-40-19-8-7-18-39(40)44-37-22-21-32-25-27-48-45(32)38(37)23-24-42(44)47;1-2/h3-5,7-29H,6H2,1-2H3;1-2H3. The lowest BCUT2D eigenvalue weighted by atomic mass is 10.0. The maximum atomic E-state index is 2.44. The number of rotatable bonds is 3. The van der Waals surface area contributed by atoms with Gasteiger partial charge in [-0.15, -0.1) is 11.3 Å². The molecule has 0 fully saturated rings. The Hall–Kier alpha value is -5.64. The van der Waals surface area contributed by atoms with E-state index >= 15 is 0 Å². The molecular weight excluding hydrogens is 625 g/mol. The van der Waals surface area contributed by atoms with Crippen molar-refractivity contribution in [2.24, 2.45) is 0 Å². The highest BCUT2D eigenvalue weighted by molar-refractivity contribution is 7.18. The zero-order chi connectivity index (χ0) is 34.2. The van der Waals surface area contributed by atoms with E-state index in [1.54, 1.807) is 0 Å². The average Bonchev–Trinajstić information content (AvgIpc) is 3.69. The van der Waals surface area contributed by atoms with E-state index in [1.807, 2.05) is 25.2 Å². The molecule has 2 nitrogen and oxygen atoms in total. The van der Waals surface area contributed by atoms with Gasteiger partial charge in [0.2, 0.25) is 0 Å². The lowest BCUT2D eigenvalue weighted by Crippen LogP contribution is -1.96. The van der Waals surface area contributed by atoms with Crippen LogP contribution in [0, 0.1) is 13.8 Å². The van der Waals surface area contributed by atoms with Gasteiger partial charge in [0.15, 0.2) is 0 Å². The molecule has 0 atom stereocenters. The molecule has 0 saturated carbocycles. The number of thiophene rings is 1. The summed E-state index contributed by atoms with van der Waals surface area (Å²) in [6.45, 7) is 8.46. The number of hydrogen-bond acceptors (Lipinski definition) is 1. The Kier molecular flexibility index (Phi) is 8.44. The first-order valence-electron chi connectivity index (χ1n) is 17.6. The van der Waals surface area contributed by atoms with E-state index in [-0.39, 0.29) is 0 Å². The summed E-state index contributed by atoms with van der Waals surface area (Å²) in [5.41, 5.74) is 10.8. The summed E-state index contributed by atoms with van der Waals surface area (Å²) in [6.07, 6.45) is 14.1. The fourth-order valence-corrected chi connectivity index (χ4v) is 8.52. The molecule has 50 heavy (non-hydrogen) atoms. The first kappa shape index (κ1) is 31.6. The van der Waals surface area contributed by atoms with Crippen LogP contribution in [0.5, 0.6) is 0 Å². The predicted molar refractivity (Wildman–Crippen MR) is 220 cm³/mol. The number of benzene rings is 5. The highest BCUT2D eigenvalue weighted by Crippen LogP contribution is 2.40. The Labute approximate surface area is 297 Å². The molecule has 3 aromatic heterocycles. The van der Waals surface area contributed by atoms with Crippen LogP contribution in [-0.2, 0) is 0 Å². The fraction of sp³-hybridized carbons (Fsp3) is 0.106. The Morgan fingerprint density at radius 2 is 1.40 bits per heavy atom. The molecular formula is C47H40N2S. The van der Waals surface area contributed by atoms with Gasteiger partial charge in [-0.3, -0.25) is 0 Å². The second-order valence-electron chi connectivity index (χ2n) is 12.6. The zero-order valence-electron chi connectivity index (χ0n) is 29.0. The predicted octanol–water partition coefficient (Wildman–Crippen LogP) is 13.9. The highest BCUT2D eigenvalue weighted by atomic mass is 32.1. The minimum atomic E-state index is 0.910. The summed E-state index contributed by atoms with van der Waals surface area (Å²) in [6, 6.07) is 42.7. The van der Waals surface area contributed by atoms with Crippen molar-refractivity contribution in [2.45, 2.75) is 34.1 Å². The van der Waals surface area contributed by atoms with Crippen molar-refractivity contribution in [3.8, 4) is 16.8 Å². The normalized spacial score (nSPS) is 12.7. The van der Waals surface area contributed by atoms with E-state index in [1.165, 1.54) is 81.5 Å². The Morgan fingerprint density at radius 1 is 0.600 bits per heavy atom. The summed E-state index contributed by atoms with van der Waals surface area (Å²) in [5.74, 6) is 0. The molecule has 3 heterocycles. The van der Waals surface area contributed by atoms with Gasteiger partial charge in [0.25, 0.3) is 0 Å². The Morgan fingerprint density at radius 3 is 2.32 bits per heavy atom. The van der Waals surface area contributed by atoms with Crippen molar-refractivity contribution in [2.75, 3.05) is 0 Å². The minimum Gasteiger partial charge on any atom is -0.317 e. The maximum Gasteiger partial charge on any atom is 0.0547 e. The average molecular weight is 665 g/mol. The van der Waals surface area contributed by atoms with Crippen molar-refractivity contribution >= 4 is 70.6 Å². The monoisotopic (exact) mass is 664 g/mol. The fourth-order valence-electron chi connectivity index (χ4n) is 7.59. The molecule has 9 rings (SSSR count). The number of hydrogen-bond donors (Lipinski definition) is 0. The summed E-state index contributed by atoms with van der Waals surface area (Å²) < 4.78 is 6.12. The van der Waals surface area contributed by atoms with Gasteiger partial charge in [-0.2, -0.15) is 0 Å². The molecule has 1 aliphatic carbocycles. The van der Waals surface area contributed by atoms with Crippen molar-refractivity contribution < 1.29 is 0 Å². The van der Waals surface area contributed by atoms with Gasteiger partial charge >= 0.3 is 0 Å². The Bertz CT molecular complexity index is 2720. The minimum absolute atomic E-state index is 0.910. The first-order chi connectivity index (χ1) is 24.7. The van der Waals surface area contributed by atoms with Gasteiger partial charge in [-0.1, -0.05) is 111 Å². The van der Waals surface area contributed by atoms with Crippen LogP contribution in [0.15, 0.2) is 157 Å². The van der Waals surface area contributed by atoms with Gasteiger partial charge in [0.1, 0.15) is 0 Å². The molecule has 1 aliphatic rings. The van der Waals surface area contributed by atoms with E-state index in [0.29, 0.717) is 0 Å². The van der Waals surface area contributed by atoms with Crippen LogP contribution in [0.25, 0.3) is 76.1 Å². The number of nitrogens with zero attached hydrogens (tertiary/aromatic N) is 2. The van der Waals surface area contributed by atoms with E-state index < -0.39 is 0 Å². The lowest BCUT2D eigenvalue weighted by molar-refractivity contribution is 1.14.